The highest BCUT2D eigenvalue weighted by molar-refractivity contribution is 7.92. The lowest BCUT2D eigenvalue weighted by Crippen LogP contribution is -2.54. The Kier molecular flexibility index (Phi) is 11.7. The zero-order valence-corrected chi connectivity index (χ0v) is 26.5. The number of anilines is 1. The van der Waals surface area contributed by atoms with E-state index in [-0.39, 0.29) is 29.3 Å². The Labute approximate surface area is 252 Å². The largest absolute Gasteiger partial charge is 0.352 e. The summed E-state index contributed by atoms with van der Waals surface area (Å²) in [5.41, 5.74) is 3.42. The summed E-state index contributed by atoms with van der Waals surface area (Å²) >= 11 is 0. The predicted molar refractivity (Wildman–Crippen MR) is 170 cm³/mol. The number of benzene rings is 3. The van der Waals surface area contributed by atoms with E-state index in [4.69, 9.17) is 0 Å². The minimum Gasteiger partial charge on any atom is -0.352 e. The summed E-state index contributed by atoms with van der Waals surface area (Å²) in [5.74, 6) is -0.395. The van der Waals surface area contributed by atoms with Crippen molar-refractivity contribution in [3.05, 3.63) is 95.6 Å². The highest BCUT2D eigenvalue weighted by Gasteiger charge is 2.33. The number of hydrogen-bond acceptors (Lipinski definition) is 4. The summed E-state index contributed by atoms with van der Waals surface area (Å²) < 4.78 is 29.2. The number of nitrogens with one attached hydrogen (secondary N) is 1. The van der Waals surface area contributed by atoms with Gasteiger partial charge in [0.1, 0.15) is 12.6 Å². The summed E-state index contributed by atoms with van der Waals surface area (Å²) in [7, 11) is -4.09. The van der Waals surface area contributed by atoms with Gasteiger partial charge in [0.2, 0.25) is 11.8 Å². The lowest BCUT2D eigenvalue weighted by molar-refractivity contribution is -0.139. The van der Waals surface area contributed by atoms with Gasteiger partial charge in [-0.2, -0.15) is 0 Å². The molecule has 0 saturated heterocycles. The first-order valence-corrected chi connectivity index (χ1v) is 16.2. The van der Waals surface area contributed by atoms with E-state index in [2.05, 4.69) is 19.2 Å². The molecule has 0 aromatic heterocycles. The van der Waals surface area contributed by atoms with Gasteiger partial charge in [-0.25, -0.2) is 8.42 Å². The van der Waals surface area contributed by atoms with Gasteiger partial charge >= 0.3 is 0 Å². The van der Waals surface area contributed by atoms with Crippen molar-refractivity contribution in [2.24, 2.45) is 0 Å². The van der Waals surface area contributed by atoms with Crippen molar-refractivity contribution < 1.29 is 18.0 Å². The molecule has 2 amide bonds. The van der Waals surface area contributed by atoms with Crippen LogP contribution < -0.4 is 9.62 Å². The number of rotatable bonds is 14. The minimum absolute atomic E-state index is 0.0458. The molecule has 3 rings (SSSR count). The monoisotopic (exact) mass is 591 g/mol. The average Bonchev–Trinajstić information content (AvgIpc) is 2.98. The van der Waals surface area contributed by atoms with Crippen molar-refractivity contribution >= 4 is 27.5 Å². The van der Waals surface area contributed by atoms with E-state index in [9.17, 15) is 18.0 Å². The third-order valence-electron chi connectivity index (χ3n) is 7.61. The lowest BCUT2D eigenvalue weighted by atomic mass is 10.0. The molecule has 1 N–H and O–H groups in total. The van der Waals surface area contributed by atoms with E-state index in [1.807, 2.05) is 70.2 Å². The summed E-state index contributed by atoms with van der Waals surface area (Å²) in [4.78, 5) is 29.2. The van der Waals surface area contributed by atoms with Gasteiger partial charge in [0, 0.05) is 12.6 Å². The second kappa shape index (κ2) is 15.0. The molecule has 0 aliphatic rings. The standard InChI is InChI=1S/C34H45N3O4S/c1-7-27(6)35-34(39)32(8-2)36(23-22-28-12-10-9-11-13-28)33(38)24-37(30-18-16-29(17-19-30)25(3)4)42(40,41)31-20-14-26(5)15-21-31/h9-21,25,27,32H,7-8,22-24H2,1-6H3,(H,35,39)/t27-,32-/m0/s1. The third-order valence-corrected chi connectivity index (χ3v) is 9.39. The summed E-state index contributed by atoms with van der Waals surface area (Å²) in [5, 5.41) is 3.01. The molecule has 3 aromatic carbocycles. The molecule has 2 atom stereocenters. The van der Waals surface area contributed by atoms with Gasteiger partial charge in [-0.15, -0.1) is 0 Å². The fourth-order valence-electron chi connectivity index (χ4n) is 4.73. The molecule has 0 aliphatic carbocycles. The summed E-state index contributed by atoms with van der Waals surface area (Å²) in [6, 6.07) is 22.9. The van der Waals surface area contributed by atoms with Crippen molar-refractivity contribution in [2.75, 3.05) is 17.4 Å². The third kappa shape index (κ3) is 8.44. The van der Waals surface area contributed by atoms with Crippen LogP contribution in [0.4, 0.5) is 5.69 Å². The van der Waals surface area contributed by atoms with Crippen LogP contribution in [0.5, 0.6) is 0 Å². The number of hydrogen-bond donors (Lipinski definition) is 1. The van der Waals surface area contributed by atoms with Crippen LogP contribution in [0, 0.1) is 6.92 Å². The van der Waals surface area contributed by atoms with Crippen molar-refractivity contribution in [1.29, 1.82) is 0 Å². The molecule has 0 radical (unpaired) electrons. The molecule has 226 valence electrons. The molecule has 0 spiro atoms. The van der Waals surface area contributed by atoms with Crippen LogP contribution in [0.25, 0.3) is 0 Å². The van der Waals surface area contributed by atoms with Crippen LogP contribution in [0.2, 0.25) is 0 Å². The molecule has 0 fully saturated rings. The predicted octanol–water partition coefficient (Wildman–Crippen LogP) is 6.08. The molecule has 42 heavy (non-hydrogen) atoms. The molecular weight excluding hydrogens is 546 g/mol. The van der Waals surface area contributed by atoms with Crippen LogP contribution >= 0.6 is 0 Å². The highest BCUT2D eigenvalue weighted by Crippen LogP contribution is 2.27. The van der Waals surface area contributed by atoms with Gasteiger partial charge in [0.15, 0.2) is 0 Å². The van der Waals surface area contributed by atoms with Crippen LogP contribution in [-0.4, -0.2) is 50.3 Å². The Hall–Kier alpha value is -3.65. The summed E-state index contributed by atoms with van der Waals surface area (Å²) in [6.07, 6.45) is 1.69. The van der Waals surface area contributed by atoms with Gasteiger partial charge < -0.3 is 10.2 Å². The molecule has 3 aromatic rings. The summed E-state index contributed by atoms with van der Waals surface area (Å²) in [6.45, 7) is 11.7. The molecule has 0 aliphatic heterocycles. The van der Waals surface area contributed by atoms with E-state index < -0.39 is 28.5 Å². The number of sulfonamides is 1. The van der Waals surface area contributed by atoms with E-state index in [1.54, 1.807) is 41.3 Å². The maximum absolute atomic E-state index is 14.2. The van der Waals surface area contributed by atoms with E-state index in [1.165, 1.54) is 4.31 Å². The minimum atomic E-state index is -4.09. The maximum Gasteiger partial charge on any atom is 0.264 e. The Bertz CT molecular complexity index is 1410. The Balaban J connectivity index is 2.02. The van der Waals surface area contributed by atoms with Crippen LogP contribution in [0.3, 0.4) is 0 Å². The molecule has 8 heteroatoms. The second-order valence-corrected chi connectivity index (χ2v) is 13.0. The van der Waals surface area contributed by atoms with Gasteiger partial charge in [0.25, 0.3) is 10.0 Å². The Morgan fingerprint density at radius 2 is 1.45 bits per heavy atom. The van der Waals surface area contributed by atoms with Gasteiger partial charge in [-0.1, -0.05) is 87.9 Å². The Morgan fingerprint density at radius 3 is 2.00 bits per heavy atom. The maximum atomic E-state index is 14.2. The number of aryl methyl sites for hydroxylation is 1. The quantitative estimate of drug-likeness (QED) is 0.246. The number of carbonyl (C=O) groups excluding carboxylic acids is 2. The average molecular weight is 592 g/mol. The van der Waals surface area contributed by atoms with Crippen LogP contribution in [0.15, 0.2) is 83.8 Å². The first-order chi connectivity index (χ1) is 20.0. The number of carbonyl (C=O) groups is 2. The smallest absolute Gasteiger partial charge is 0.264 e. The van der Waals surface area contributed by atoms with E-state index in [0.717, 1.165) is 23.1 Å². The first kappa shape index (κ1) is 32.9. The second-order valence-electron chi connectivity index (χ2n) is 11.1. The number of nitrogens with zero attached hydrogens (tertiary/aromatic N) is 2. The zero-order valence-electron chi connectivity index (χ0n) is 25.7. The SMILES string of the molecule is CC[C@H](C)NC(=O)[C@H](CC)N(CCc1ccccc1)C(=O)CN(c1ccc(C(C)C)cc1)S(=O)(=O)c1ccc(C)cc1. The van der Waals surface area contributed by atoms with E-state index >= 15 is 0 Å². The van der Waals surface area contributed by atoms with Crippen LogP contribution in [0.1, 0.15) is 70.1 Å². The normalized spacial score (nSPS) is 12.9. The van der Waals surface area contributed by atoms with Crippen LogP contribution in [-0.2, 0) is 26.0 Å². The van der Waals surface area contributed by atoms with Crippen molar-refractivity contribution in [2.45, 2.75) is 83.7 Å². The lowest BCUT2D eigenvalue weighted by Gasteiger charge is -2.33. The highest BCUT2D eigenvalue weighted by atomic mass is 32.2. The fraction of sp³-hybridized carbons (Fsp3) is 0.412. The molecule has 0 unspecified atom stereocenters. The van der Waals surface area contributed by atoms with Crippen molar-refractivity contribution in [3.8, 4) is 0 Å². The van der Waals surface area contributed by atoms with Crippen molar-refractivity contribution in [3.63, 3.8) is 0 Å². The molecular formula is C34H45N3O4S. The molecule has 0 saturated carbocycles. The first-order valence-electron chi connectivity index (χ1n) is 14.8. The molecule has 0 bridgehead atoms. The van der Waals surface area contributed by atoms with Gasteiger partial charge in [-0.3, -0.25) is 13.9 Å². The fourth-order valence-corrected chi connectivity index (χ4v) is 6.14. The Morgan fingerprint density at radius 1 is 0.833 bits per heavy atom. The number of amides is 2. The van der Waals surface area contributed by atoms with Gasteiger partial charge in [0.05, 0.1) is 10.6 Å². The van der Waals surface area contributed by atoms with Gasteiger partial charge in [-0.05, 0) is 74.4 Å². The topological polar surface area (TPSA) is 86.8 Å². The van der Waals surface area contributed by atoms with E-state index in [0.29, 0.717) is 18.5 Å². The molecule has 0 heterocycles. The van der Waals surface area contributed by atoms with Crippen molar-refractivity contribution in [1.82, 2.24) is 10.2 Å². The molecule has 7 nitrogen and oxygen atoms in total. The zero-order chi connectivity index (χ0) is 30.9.